The number of anilines is 1. The average molecular weight is 361 g/mol. The molecule has 1 heterocycles. The van der Waals surface area contributed by atoms with Crippen molar-refractivity contribution in [1.29, 1.82) is 0 Å². The van der Waals surface area contributed by atoms with Crippen molar-refractivity contribution >= 4 is 25.2 Å². The number of nitrogens with zero attached hydrogens (tertiary/aromatic N) is 1. The molecule has 24 heavy (non-hydrogen) atoms. The highest BCUT2D eigenvalue weighted by molar-refractivity contribution is 7.56. The summed E-state index contributed by atoms with van der Waals surface area (Å²) in [6.45, 7) is 0. The molecule has 0 aliphatic carbocycles. The quantitative estimate of drug-likeness (QED) is 0.595. The molecule has 0 amide bonds. The molecule has 1 N–H and O–H groups in total. The number of halogens is 1. The second-order valence-electron chi connectivity index (χ2n) is 4.78. The van der Waals surface area contributed by atoms with E-state index in [1.165, 1.54) is 6.20 Å². The molecule has 5 nitrogen and oxygen atoms in total. The van der Waals surface area contributed by atoms with E-state index in [1.54, 1.807) is 60.7 Å². The predicted molar refractivity (Wildman–Crippen MR) is 94.6 cm³/mol. The third-order valence-electron chi connectivity index (χ3n) is 2.92. The molecule has 0 fully saturated rings. The van der Waals surface area contributed by atoms with Crippen LogP contribution in [0.5, 0.6) is 11.5 Å². The van der Waals surface area contributed by atoms with Crippen LogP contribution in [0.2, 0.25) is 5.02 Å². The summed E-state index contributed by atoms with van der Waals surface area (Å²) >= 11 is 5.82. The monoisotopic (exact) mass is 360 g/mol. The van der Waals surface area contributed by atoms with Crippen molar-refractivity contribution in [3.8, 4) is 11.5 Å². The maximum atomic E-state index is 13.2. The summed E-state index contributed by atoms with van der Waals surface area (Å²) in [6, 6.07) is 20.8. The van der Waals surface area contributed by atoms with Gasteiger partial charge in [-0.15, -0.1) is 0 Å². The number of hydrogen-bond acceptors (Lipinski definition) is 4. The van der Waals surface area contributed by atoms with Gasteiger partial charge in [-0.25, -0.2) is 9.55 Å². The first kappa shape index (κ1) is 16.4. The highest BCUT2D eigenvalue weighted by Gasteiger charge is 2.29. The van der Waals surface area contributed by atoms with Crippen LogP contribution in [0.4, 0.5) is 5.82 Å². The highest BCUT2D eigenvalue weighted by atomic mass is 35.5. The van der Waals surface area contributed by atoms with Crippen molar-refractivity contribution in [3.63, 3.8) is 0 Å². The lowest BCUT2D eigenvalue weighted by atomic mass is 10.3. The van der Waals surface area contributed by atoms with E-state index in [2.05, 4.69) is 10.1 Å². The van der Waals surface area contributed by atoms with Gasteiger partial charge in [0.15, 0.2) is 0 Å². The number of hydrogen-bond donors (Lipinski definition) is 1. The van der Waals surface area contributed by atoms with Crippen LogP contribution in [0.15, 0.2) is 79.0 Å². The molecule has 0 atom stereocenters. The van der Waals surface area contributed by atoms with Gasteiger partial charge < -0.3 is 9.05 Å². The first-order valence-corrected chi connectivity index (χ1v) is 9.04. The molecular formula is C17H14ClN2O3P. The van der Waals surface area contributed by atoms with Crippen molar-refractivity contribution in [1.82, 2.24) is 4.98 Å². The second kappa shape index (κ2) is 7.39. The van der Waals surface area contributed by atoms with Crippen LogP contribution in [-0.4, -0.2) is 4.98 Å². The zero-order valence-corrected chi connectivity index (χ0v) is 14.2. The summed E-state index contributed by atoms with van der Waals surface area (Å²) in [5, 5.41) is 3.20. The molecule has 0 saturated carbocycles. The standard InChI is InChI=1S/C17H14ClN2O3P/c18-14-11-12-17(19-13-14)20-24(21,22-15-7-3-1-4-8-15)23-16-9-5-2-6-10-16/h1-13H,(H,19,20,21). The minimum absolute atomic E-state index is 0.328. The van der Waals surface area contributed by atoms with E-state index in [-0.39, 0.29) is 0 Å². The Labute approximate surface area is 144 Å². The van der Waals surface area contributed by atoms with Crippen LogP contribution in [0.25, 0.3) is 0 Å². The van der Waals surface area contributed by atoms with Crippen molar-refractivity contribution in [2.75, 3.05) is 5.09 Å². The summed E-state index contributed by atoms with van der Waals surface area (Å²) in [6.07, 6.45) is 1.44. The third-order valence-corrected chi connectivity index (χ3v) is 4.55. The van der Waals surface area contributed by atoms with Crippen LogP contribution in [0.1, 0.15) is 0 Å². The molecule has 3 rings (SSSR count). The smallest absolute Gasteiger partial charge is 0.400 e. The van der Waals surface area contributed by atoms with Gasteiger partial charge in [0.05, 0.1) is 5.02 Å². The van der Waals surface area contributed by atoms with Crippen molar-refractivity contribution in [2.45, 2.75) is 0 Å². The summed E-state index contributed by atoms with van der Waals surface area (Å²) in [5.41, 5.74) is 0. The van der Waals surface area contributed by atoms with Gasteiger partial charge in [-0.2, -0.15) is 0 Å². The van der Waals surface area contributed by atoms with Gasteiger partial charge in [0.1, 0.15) is 17.3 Å². The van der Waals surface area contributed by atoms with E-state index in [0.29, 0.717) is 22.3 Å². The molecule has 0 aliphatic heterocycles. The Bertz CT molecular complexity index is 784. The first-order valence-electron chi connectivity index (χ1n) is 7.12. The largest absolute Gasteiger partial charge is 0.542 e. The van der Waals surface area contributed by atoms with E-state index >= 15 is 0 Å². The molecule has 1 aromatic heterocycles. The van der Waals surface area contributed by atoms with Gasteiger partial charge in [-0.1, -0.05) is 48.0 Å². The van der Waals surface area contributed by atoms with Gasteiger partial charge in [0.25, 0.3) is 0 Å². The van der Waals surface area contributed by atoms with Gasteiger partial charge in [-0.3, -0.25) is 5.09 Å². The van der Waals surface area contributed by atoms with Gasteiger partial charge in [-0.05, 0) is 36.4 Å². The lowest BCUT2D eigenvalue weighted by molar-refractivity contribution is 0.392. The van der Waals surface area contributed by atoms with Crippen molar-refractivity contribution in [2.24, 2.45) is 0 Å². The number of nitrogens with one attached hydrogen (secondary N) is 1. The Hall–Kier alpha value is -2.49. The Morgan fingerprint density at radius 1 is 0.833 bits per heavy atom. The number of rotatable bonds is 6. The number of aromatic nitrogens is 1. The van der Waals surface area contributed by atoms with Gasteiger partial charge in [0.2, 0.25) is 0 Å². The highest BCUT2D eigenvalue weighted by Crippen LogP contribution is 2.47. The van der Waals surface area contributed by atoms with Gasteiger partial charge in [0, 0.05) is 6.20 Å². The number of para-hydroxylation sites is 2. The molecule has 0 aliphatic rings. The molecule has 0 bridgehead atoms. The lowest BCUT2D eigenvalue weighted by Gasteiger charge is -2.20. The number of benzene rings is 2. The van der Waals surface area contributed by atoms with Crippen LogP contribution in [0.3, 0.4) is 0 Å². The Kier molecular flexibility index (Phi) is 5.04. The van der Waals surface area contributed by atoms with Crippen LogP contribution >= 0.6 is 19.3 Å². The Morgan fingerprint density at radius 2 is 1.38 bits per heavy atom. The fourth-order valence-electron chi connectivity index (χ4n) is 1.89. The Morgan fingerprint density at radius 3 is 1.83 bits per heavy atom. The molecule has 122 valence electrons. The Balaban J connectivity index is 1.87. The van der Waals surface area contributed by atoms with Crippen LogP contribution < -0.4 is 14.1 Å². The summed E-state index contributed by atoms with van der Waals surface area (Å²) in [7, 11) is -3.76. The maximum Gasteiger partial charge on any atom is 0.542 e. The SMILES string of the molecule is O=P(Nc1ccc(Cl)cn1)(Oc1ccccc1)Oc1ccccc1. The normalized spacial score (nSPS) is 10.9. The maximum absolute atomic E-state index is 13.2. The molecule has 0 saturated heterocycles. The van der Waals surface area contributed by atoms with Crippen LogP contribution in [-0.2, 0) is 4.57 Å². The molecule has 3 aromatic rings. The first-order chi connectivity index (χ1) is 11.6. The van der Waals surface area contributed by atoms with Gasteiger partial charge >= 0.3 is 7.75 Å². The molecule has 0 spiro atoms. The molecule has 0 unspecified atom stereocenters. The van der Waals surface area contributed by atoms with Crippen LogP contribution in [0, 0.1) is 0 Å². The van der Waals surface area contributed by atoms with E-state index < -0.39 is 7.75 Å². The fourth-order valence-corrected chi connectivity index (χ4v) is 3.34. The zero-order chi connectivity index (χ0) is 16.8. The molecule has 7 heteroatoms. The van der Waals surface area contributed by atoms with E-state index in [4.69, 9.17) is 20.6 Å². The predicted octanol–water partition coefficient (Wildman–Crippen LogP) is 5.41. The van der Waals surface area contributed by atoms with E-state index in [1.807, 2.05) is 12.1 Å². The summed E-state index contributed by atoms with van der Waals surface area (Å²) in [5.74, 6) is 1.16. The summed E-state index contributed by atoms with van der Waals surface area (Å²) < 4.78 is 24.4. The van der Waals surface area contributed by atoms with E-state index in [9.17, 15) is 4.57 Å². The third kappa shape index (κ3) is 4.51. The van der Waals surface area contributed by atoms with E-state index in [0.717, 1.165) is 0 Å². The fraction of sp³-hybridized carbons (Fsp3) is 0. The van der Waals surface area contributed by atoms with Crippen molar-refractivity contribution < 1.29 is 13.6 Å². The lowest BCUT2D eigenvalue weighted by Crippen LogP contribution is -2.10. The second-order valence-corrected chi connectivity index (χ2v) is 6.80. The molecular weight excluding hydrogens is 347 g/mol. The minimum Gasteiger partial charge on any atom is -0.400 e. The summed E-state index contributed by atoms with van der Waals surface area (Å²) in [4.78, 5) is 4.07. The minimum atomic E-state index is -3.76. The topological polar surface area (TPSA) is 60.5 Å². The molecule has 2 aromatic carbocycles. The zero-order valence-electron chi connectivity index (χ0n) is 12.5. The average Bonchev–Trinajstić information content (AvgIpc) is 2.58. The number of pyridine rings is 1. The molecule has 0 radical (unpaired) electrons. The van der Waals surface area contributed by atoms with Crippen molar-refractivity contribution in [3.05, 3.63) is 84.0 Å².